The van der Waals surface area contributed by atoms with E-state index in [1.165, 1.54) is 12.1 Å². The number of benzene rings is 1. The molecular formula is C19H24FN5O2. The highest BCUT2D eigenvalue weighted by Gasteiger charge is 2.21. The predicted octanol–water partition coefficient (Wildman–Crippen LogP) is 2.31. The van der Waals surface area contributed by atoms with Crippen molar-refractivity contribution in [1.82, 2.24) is 20.2 Å². The van der Waals surface area contributed by atoms with Gasteiger partial charge in [-0.1, -0.05) is 0 Å². The Balaban J connectivity index is 1.27. The lowest BCUT2D eigenvalue weighted by Gasteiger charge is -2.35. The second-order valence-electron chi connectivity index (χ2n) is 6.28. The molecule has 1 N–H and O–H groups in total. The van der Waals surface area contributed by atoms with E-state index in [2.05, 4.69) is 20.2 Å². The number of carbonyl (C=O) groups excluding carboxylic acids is 1. The third-order valence-corrected chi connectivity index (χ3v) is 4.37. The molecule has 1 aliphatic rings. The Hall–Kier alpha value is -2.90. The Morgan fingerprint density at radius 2 is 1.89 bits per heavy atom. The minimum absolute atomic E-state index is 0.0340. The third kappa shape index (κ3) is 5.80. The quantitative estimate of drug-likeness (QED) is 0.754. The summed E-state index contributed by atoms with van der Waals surface area (Å²) in [5.41, 5.74) is 0. The lowest BCUT2D eigenvalue weighted by molar-refractivity contribution is 0.193. The van der Waals surface area contributed by atoms with Crippen LogP contribution in [0.25, 0.3) is 0 Å². The summed E-state index contributed by atoms with van der Waals surface area (Å²) in [6, 6.07) is 5.93. The van der Waals surface area contributed by atoms with Crippen molar-refractivity contribution < 1.29 is 13.9 Å². The molecule has 1 saturated heterocycles. The molecule has 1 fully saturated rings. The van der Waals surface area contributed by atoms with E-state index >= 15 is 0 Å². The molecule has 7 nitrogen and oxygen atoms in total. The highest BCUT2D eigenvalue weighted by atomic mass is 19.1. The van der Waals surface area contributed by atoms with Crippen LogP contribution in [-0.2, 0) is 0 Å². The Labute approximate surface area is 158 Å². The fraction of sp³-hybridized carbons (Fsp3) is 0.421. The van der Waals surface area contributed by atoms with Crippen LogP contribution in [0.4, 0.5) is 15.0 Å². The van der Waals surface area contributed by atoms with E-state index in [1.54, 1.807) is 30.7 Å². The summed E-state index contributed by atoms with van der Waals surface area (Å²) in [6.45, 7) is 3.97. The van der Waals surface area contributed by atoms with Crippen molar-refractivity contribution in [3.8, 4) is 5.75 Å². The SMILES string of the molecule is O=C(NCCCCOc1ccc(F)cc1)N1CCN(c2cnccn2)CC1. The monoisotopic (exact) mass is 373 g/mol. The van der Waals surface area contributed by atoms with Gasteiger partial charge in [-0.2, -0.15) is 0 Å². The number of piperazine rings is 1. The van der Waals surface area contributed by atoms with Crippen LogP contribution < -0.4 is 15.0 Å². The number of hydrogen-bond acceptors (Lipinski definition) is 5. The average molecular weight is 373 g/mol. The van der Waals surface area contributed by atoms with Gasteiger partial charge in [0.1, 0.15) is 17.4 Å². The van der Waals surface area contributed by atoms with Crippen LogP contribution in [0.1, 0.15) is 12.8 Å². The van der Waals surface area contributed by atoms with E-state index in [1.807, 2.05) is 4.90 Å². The molecule has 144 valence electrons. The normalized spacial score (nSPS) is 14.1. The maximum atomic E-state index is 12.8. The molecule has 8 heteroatoms. The van der Waals surface area contributed by atoms with Gasteiger partial charge in [0.25, 0.3) is 0 Å². The molecule has 2 aromatic rings. The first-order valence-corrected chi connectivity index (χ1v) is 9.14. The van der Waals surface area contributed by atoms with Gasteiger partial charge in [0, 0.05) is 45.1 Å². The average Bonchev–Trinajstić information content (AvgIpc) is 2.72. The molecule has 27 heavy (non-hydrogen) atoms. The first kappa shape index (κ1) is 18.9. The van der Waals surface area contributed by atoms with E-state index in [0.29, 0.717) is 32.0 Å². The van der Waals surface area contributed by atoms with E-state index in [-0.39, 0.29) is 11.8 Å². The zero-order valence-corrected chi connectivity index (χ0v) is 15.2. The number of carbonyl (C=O) groups is 1. The Bertz CT molecular complexity index is 706. The fourth-order valence-corrected chi connectivity index (χ4v) is 2.85. The molecule has 2 amide bonds. The van der Waals surface area contributed by atoms with Crippen LogP contribution in [0.5, 0.6) is 5.75 Å². The predicted molar refractivity (Wildman–Crippen MR) is 100 cm³/mol. The number of halogens is 1. The maximum absolute atomic E-state index is 12.8. The molecule has 2 heterocycles. The van der Waals surface area contributed by atoms with Crippen molar-refractivity contribution in [2.75, 3.05) is 44.2 Å². The molecule has 1 aliphatic heterocycles. The number of hydrogen-bond donors (Lipinski definition) is 1. The lowest BCUT2D eigenvalue weighted by atomic mass is 10.3. The number of rotatable bonds is 7. The van der Waals surface area contributed by atoms with Gasteiger partial charge in [0.05, 0.1) is 12.8 Å². The summed E-state index contributed by atoms with van der Waals surface area (Å²) < 4.78 is 18.3. The summed E-state index contributed by atoms with van der Waals surface area (Å²) in [5.74, 6) is 1.22. The molecule has 0 atom stereocenters. The van der Waals surface area contributed by atoms with Gasteiger partial charge < -0.3 is 19.9 Å². The summed E-state index contributed by atoms with van der Waals surface area (Å²) in [4.78, 5) is 24.5. The molecule has 0 saturated carbocycles. The van der Waals surface area contributed by atoms with Gasteiger partial charge in [-0.05, 0) is 37.1 Å². The van der Waals surface area contributed by atoms with Gasteiger partial charge in [0.2, 0.25) is 0 Å². The summed E-state index contributed by atoms with van der Waals surface area (Å²) in [6.07, 6.45) is 6.71. The number of ether oxygens (including phenoxy) is 1. The van der Waals surface area contributed by atoms with Crippen LogP contribution in [0.3, 0.4) is 0 Å². The Morgan fingerprint density at radius 1 is 1.11 bits per heavy atom. The molecule has 0 unspecified atom stereocenters. The lowest BCUT2D eigenvalue weighted by Crippen LogP contribution is -2.52. The number of unbranched alkanes of at least 4 members (excludes halogenated alkanes) is 1. The highest BCUT2D eigenvalue weighted by molar-refractivity contribution is 5.74. The summed E-state index contributed by atoms with van der Waals surface area (Å²) >= 11 is 0. The summed E-state index contributed by atoms with van der Waals surface area (Å²) in [5, 5.41) is 2.95. The van der Waals surface area contributed by atoms with E-state index in [9.17, 15) is 9.18 Å². The summed E-state index contributed by atoms with van der Waals surface area (Å²) in [7, 11) is 0. The van der Waals surface area contributed by atoms with Crippen molar-refractivity contribution in [2.24, 2.45) is 0 Å². The maximum Gasteiger partial charge on any atom is 0.317 e. The number of anilines is 1. The second-order valence-corrected chi connectivity index (χ2v) is 6.28. The fourth-order valence-electron chi connectivity index (χ4n) is 2.85. The van der Waals surface area contributed by atoms with Gasteiger partial charge >= 0.3 is 6.03 Å². The van der Waals surface area contributed by atoms with Gasteiger partial charge in [-0.15, -0.1) is 0 Å². The molecular weight excluding hydrogens is 349 g/mol. The van der Waals surface area contributed by atoms with Crippen LogP contribution in [0.15, 0.2) is 42.9 Å². The molecule has 0 aliphatic carbocycles. The van der Waals surface area contributed by atoms with Crippen LogP contribution in [0, 0.1) is 5.82 Å². The van der Waals surface area contributed by atoms with E-state index < -0.39 is 0 Å². The zero-order valence-electron chi connectivity index (χ0n) is 15.2. The van der Waals surface area contributed by atoms with Crippen molar-refractivity contribution in [3.05, 3.63) is 48.7 Å². The van der Waals surface area contributed by atoms with Crippen molar-refractivity contribution in [1.29, 1.82) is 0 Å². The van der Waals surface area contributed by atoms with E-state index in [0.717, 1.165) is 31.7 Å². The molecule has 0 radical (unpaired) electrons. The highest BCUT2D eigenvalue weighted by Crippen LogP contribution is 2.12. The molecule has 1 aromatic carbocycles. The number of nitrogens with one attached hydrogen (secondary N) is 1. The van der Waals surface area contributed by atoms with Crippen LogP contribution in [0.2, 0.25) is 0 Å². The smallest absolute Gasteiger partial charge is 0.317 e. The molecule has 0 spiro atoms. The number of urea groups is 1. The Morgan fingerprint density at radius 3 is 2.59 bits per heavy atom. The first-order valence-electron chi connectivity index (χ1n) is 9.14. The van der Waals surface area contributed by atoms with Gasteiger partial charge in [-0.3, -0.25) is 4.98 Å². The number of amides is 2. The standard InChI is InChI=1S/C19H24FN5O2/c20-16-3-5-17(6-4-16)27-14-2-1-7-23-19(26)25-12-10-24(11-13-25)18-15-21-8-9-22-18/h3-6,8-9,15H,1-2,7,10-14H2,(H,23,26). The number of aromatic nitrogens is 2. The topological polar surface area (TPSA) is 70.6 Å². The van der Waals surface area contributed by atoms with E-state index in [4.69, 9.17) is 4.74 Å². The zero-order chi connectivity index (χ0) is 18.9. The van der Waals surface area contributed by atoms with Crippen molar-refractivity contribution in [2.45, 2.75) is 12.8 Å². The van der Waals surface area contributed by atoms with Gasteiger partial charge in [-0.25, -0.2) is 14.2 Å². The van der Waals surface area contributed by atoms with Crippen molar-refractivity contribution >= 4 is 11.8 Å². The van der Waals surface area contributed by atoms with Crippen molar-refractivity contribution in [3.63, 3.8) is 0 Å². The van der Waals surface area contributed by atoms with Crippen LogP contribution in [-0.4, -0.2) is 60.2 Å². The number of nitrogens with zero attached hydrogens (tertiary/aromatic N) is 4. The molecule has 0 bridgehead atoms. The van der Waals surface area contributed by atoms with Crippen LogP contribution >= 0.6 is 0 Å². The Kier molecular flexibility index (Phi) is 6.78. The second kappa shape index (κ2) is 9.70. The first-order chi connectivity index (χ1) is 13.2. The largest absolute Gasteiger partial charge is 0.494 e. The molecule has 3 rings (SSSR count). The molecule has 1 aromatic heterocycles. The van der Waals surface area contributed by atoms with Gasteiger partial charge in [0.15, 0.2) is 0 Å². The minimum Gasteiger partial charge on any atom is -0.494 e. The third-order valence-electron chi connectivity index (χ3n) is 4.37. The minimum atomic E-state index is -0.275.